The minimum absolute atomic E-state index is 0.0696. The van der Waals surface area contributed by atoms with Gasteiger partial charge >= 0.3 is 0 Å². The monoisotopic (exact) mass is 327 g/mol. The number of carbonyl (C=O) groups is 1. The number of hydrogen-bond acceptors (Lipinski definition) is 4. The second kappa shape index (κ2) is 7.47. The fourth-order valence-electron chi connectivity index (χ4n) is 1.81. The van der Waals surface area contributed by atoms with E-state index in [4.69, 9.17) is 11.6 Å². The summed E-state index contributed by atoms with van der Waals surface area (Å²) >= 11 is 7.15. The molecular formula is C14H15ClFN3OS. The summed E-state index contributed by atoms with van der Waals surface area (Å²) in [6.45, 7) is 2.13. The lowest BCUT2D eigenvalue weighted by molar-refractivity contribution is 0.102. The van der Waals surface area contributed by atoms with Crippen molar-refractivity contribution in [1.82, 2.24) is 10.2 Å². The third-order valence-corrected chi connectivity index (χ3v) is 4.08. The van der Waals surface area contributed by atoms with Crippen LogP contribution in [0.5, 0.6) is 0 Å². The van der Waals surface area contributed by atoms with Crippen LogP contribution in [0.2, 0.25) is 5.02 Å². The van der Waals surface area contributed by atoms with Crippen molar-refractivity contribution in [1.29, 1.82) is 0 Å². The van der Waals surface area contributed by atoms with E-state index in [9.17, 15) is 9.18 Å². The average Bonchev–Trinajstić information content (AvgIpc) is 2.86. The molecule has 1 aromatic carbocycles. The number of nitrogens with zero attached hydrogens (tertiary/aromatic N) is 2. The van der Waals surface area contributed by atoms with Crippen LogP contribution in [0.3, 0.4) is 0 Å². The normalized spacial score (nSPS) is 10.6. The van der Waals surface area contributed by atoms with Gasteiger partial charge in [0, 0.05) is 6.42 Å². The van der Waals surface area contributed by atoms with Gasteiger partial charge in [0.05, 0.1) is 10.6 Å². The molecule has 2 rings (SSSR count). The summed E-state index contributed by atoms with van der Waals surface area (Å²) < 4.78 is 13.6. The molecule has 0 saturated carbocycles. The van der Waals surface area contributed by atoms with Gasteiger partial charge in [-0.15, -0.1) is 10.2 Å². The largest absolute Gasteiger partial charge is 0.296 e. The molecule has 112 valence electrons. The lowest BCUT2D eigenvalue weighted by atomic mass is 10.2. The molecule has 0 aliphatic carbocycles. The quantitative estimate of drug-likeness (QED) is 0.804. The van der Waals surface area contributed by atoms with Gasteiger partial charge in [-0.05, 0) is 18.6 Å². The molecule has 0 atom stereocenters. The smallest absolute Gasteiger partial charge is 0.261 e. The van der Waals surface area contributed by atoms with E-state index in [2.05, 4.69) is 22.4 Å². The van der Waals surface area contributed by atoms with Gasteiger partial charge in [-0.2, -0.15) is 0 Å². The Labute approximate surface area is 131 Å². The van der Waals surface area contributed by atoms with Gasteiger partial charge < -0.3 is 0 Å². The number of nitrogens with one attached hydrogen (secondary N) is 1. The van der Waals surface area contributed by atoms with Crippen molar-refractivity contribution < 1.29 is 9.18 Å². The van der Waals surface area contributed by atoms with Crippen molar-refractivity contribution in [2.45, 2.75) is 32.6 Å². The topological polar surface area (TPSA) is 54.9 Å². The second-order valence-electron chi connectivity index (χ2n) is 4.51. The number of rotatable bonds is 6. The van der Waals surface area contributed by atoms with E-state index in [1.165, 1.54) is 29.5 Å². The zero-order valence-electron chi connectivity index (χ0n) is 11.5. The molecule has 2 aromatic rings. The Kier molecular flexibility index (Phi) is 5.64. The van der Waals surface area contributed by atoms with Crippen LogP contribution in [0.15, 0.2) is 18.2 Å². The first-order valence-corrected chi connectivity index (χ1v) is 7.89. The Morgan fingerprint density at radius 1 is 1.38 bits per heavy atom. The number of unbranched alkanes of at least 4 members (excludes halogenated alkanes) is 2. The molecule has 1 aromatic heterocycles. The number of benzene rings is 1. The van der Waals surface area contributed by atoms with Crippen LogP contribution >= 0.6 is 22.9 Å². The first kappa shape index (κ1) is 15.9. The van der Waals surface area contributed by atoms with E-state index in [-0.39, 0.29) is 10.6 Å². The summed E-state index contributed by atoms with van der Waals surface area (Å²) in [5.41, 5.74) is -0.179. The van der Waals surface area contributed by atoms with E-state index < -0.39 is 11.7 Å². The van der Waals surface area contributed by atoms with Gasteiger partial charge in [-0.3, -0.25) is 10.1 Å². The number of aromatic nitrogens is 2. The van der Waals surface area contributed by atoms with E-state index in [0.29, 0.717) is 5.13 Å². The zero-order chi connectivity index (χ0) is 15.2. The summed E-state index contributed by atoms with van der Waals surface area (Å²) in [5, 5.41) is 11.7. The molecule has 0 unspecified atom stereocenters. The van der Waals surface area contributed by atoms with Crippen molar-refractivity contribution in [2.24, 2.45) is 0 Å². The molecule has 21 heavy (non-hydrogen) atoms. The third kappa shape index (κ3) is 4.22. The number of anilines is 1. The van der Waals surface area contributed by atoms with Crippen molar-refractivity contribution in [3.05, 3.63) is 39.6 Å². The molecular weight excluding hydrogens is 313 g/mol. The molecule has 0 aliphatic rings. The van der Waals surface area contributed by atoms with E-state index >= 15 is 0 Å². The highest BCUT2D eigenvalue weighted by atomic mass is 35.5. The van der Waals surface area contributed by atoms with E-state index in [0.717, 1.165) is 30.7 Å². The maximum absolute atomic E-state index is 13.6. The highest BCUT2D eigenvalue weighted by Crippen LogP contribution is 2.22. The summed E-state index contributed by atoms with van der Waals surface area (Å²) in [4.78, 5) is 12.0. The predicted molar refractivity (Wildman–Crippen MR) is 82.5 cm³/mol. The Bertz CT molecular complexity index is 612. The fourth-order valence-corrected chi connectivity index (χ4v) is 2.83. The van der Waals surface area contributed by atoms with E-state index in [1.54, 1.807) is 0 Å². The highest BCUT2D eigenvalue weighted by Gasteiger charge is 2.17. The summed E-state index contributed by atoms with van der Waals surface area (Å²) in [7, 11) is 0. The molecule has 0 aliphatic heterocycles. The number of halogens is 2. The van der Waals surface area contributed by atoms with Crippen molar-refractivity contribution >= 4 is 34.0 Å². The molecule has 0 saturated heterocycles. The van der Waals surface area contributed by atoms with Crippen LogP contribution in [-0.4, -0.2) is 16.1 Å². The number of amides is 1. The van der Waals surface area contributed by atoms with Crippen LogP contribution in [0, 0.1) is 5.82 Å². The number of carbonyl (C=O) groups excluding carboxylic acids is 1. The summed E-state index contributed by atoms with van der Waals surface area (Å²) in [5.74, 6) is -1.28. The first-order valence-electron chi connectivity index (χ1n) is 6.69. The van der Waals surface area contributed by atoms with Gasteiger partial charge in [0.2, 0.25) is 5.13 Å². The molecule has 0 spiro atoms. The predicted octanol–water partition coefficient (Wildman–Crippen LogP) is 4.32. The molecule has 0 fully saturated rings. The third-order valence-electron chi connectivity index (χ3n) is 2.87. The van der Waals surface area contributed by atoms with Gasteiger partial charge in [-0.1, -0.05) is 48.8 Å². The molecule has 4 nitrogen and oxygen atoms in total. The van der Waals surface area contributed by atoms with Crippen LogP contribution in [-0.2, 0) is 6.42 Å². The SMILES string of the molecule is CCCCCc1nnc(NC(=O)c2c(F)cccc2Cl)s1. The zero-order valence-corrected chi connectivity index (χ0v) is 13.1. The van der Waals surface area contributed by atoms with Gasteiger partial charge in [0.15, 0.2) is 0 Å². The van der Waals surface area contributed by atoms with Crippen molar-refractivity contribution in [2.75, 3.05) is 5.32 Å². The lowest BCUT2D eigenvalue weighted by Gasteiger charge is -2.04. The molecule has 1 heterocycles. The fraction of sp³-hybridized carbons (Fsp3) is 0.357. The number of hydrogen-bond donors (Lipinski definition) is 1. The molecule has 1 N–H and O–H groups in total. The average molecular weight is 328 g/mol. The Morgan fingerprint density at radius 2 is 2.19 bits per heavy atom. The Balaban J connectivity index is 2.03. The van der Waals surface area contributed by atoms with Crippen LogP contribution < -0.4 is 5.32 Å². The standard InChI is InChI=1S/C14H15ClFN3OS/c1-2-3-4-8-11-18-19-14(21-11)17-13(20)12-9(15)6-5-7-10(12)16/h5-7H,2-4,8H2,1H3,(H,17,19,20). The first-order chi connectivity index (χ1) is 10.1. The molecule has 0 bridgehead atoms. The minimum Gasteiger partial charge on any atom is -0.296 e. The van der Waals surface area contributed by atoms with Gasteiger partial charge in [-0.25, -0.2) is 4.39 Å². The van der Waals surface area contributed by atoms with Crippen molar-refractivity contribution in [3.63, 3.8) is 0 Å². The van der Waals surface area contributed by atoms with Crippen LogP contribution in [0.25, 0.3) is 0 Å². The minimum atomic E-state index is -0.660. The van der Waals surface area contributed by atoms with Crippen LogP contribution in [0.4, 0.5) is 9.52 Å². The highest BCUT2D eigenvalue weighted by molar-refractivity contribution is 7.15. The second-order valence-corrected chi connectivity index (χ2v) is 5.98. The van der Waals surface area contributed by atoms with E-state index in [1.807, 2.05) is 0 Å². The van der Waals surface area contributed by atoms with Crippen LogP contribution in [0.1, 0.15) is 41.6 Å². The molecule has 7 heteroatoms. The van der Waals surface area contributed by atoms with Gasteiger partial charge in [0.1, 0.15) is 10.8 Å². The lowest BCUT2D eigenvalue weighted by Crippen LogP contribution is -2.14. The van der Waals surface area contributed by atoms with Crippen molar-refractivity contribution in [3.8, 4) is 0 Å². The van der Waals surface area contributed by atoms with Gasteiger partial charge in [0.25, 0.3) is 5.91 Å². The summed E-state index contributed by atoms with van der Waals surface area (Å²) in [6.07, 6.45) is 4.14. The maximum Gasteiger partial charge on any atom is 0.261 e. The Morgan fingerprint density at radius 3 is 2.90 bits per heavy atom. The molecule has 0 radical (unpaired) electrons. The number of aryl methyl sites for hydroxylation is 1. The molecule has 1 amide bonds. The Hall–Kier alpha value is -1.53. The maximum atomic E-state index is 13.6. The summed E-state index contributed by atoms with van der Waals surface area (Å²) in [6, 6.07) is 4.11.